The van der Waals surface area contributed by atoms with E-state index >= 15 is 0 Å². The van der Waals surface area contributed by atoms with Gasteiger partial charge >= 0.3 is 0 Å². The zero-order valence-corrected chi connectivity index (χ0v) is 13.4. The summed E-state index contributed by atoms with van der Waals surface area (Å²) in [5, 5.41) is 0. The van der Waals surface area contributed by atoms with Crippen LogP contribution in [0.4, 0.5) is 0 Å². The smallest absolute Gasteiger partial charge is 0.184 e. The summed E-state index contributed by atoms with van der Waals surface area (Å²) in [5.41, 5.74) is 0.207. The standard InChI is InChI=1S/C13H29NO2Si/c1-13(2,3)12(16-17(4,5)6)11-14-7-9-15-10-8-14/h12H,7-11H2,1-6H3. The quantitative estimate of drug-likeness (QED) is 0.724. The van der Waals surface area contributed by atoms with Crippen molar-refractivity contribution >= 4 is 8.32 Å². The summed E-state index contributed by atoms with van der Waals surface area (Å²) in [7, 11) is -1.47. The summed E-state index contributed by atoms with van der Waals surface area (Å²) in [6, 6.07) is 0. The summed E-state index contributed by atoms with van der Waals surface area (Å²) < 4.78 is 11.8. The van der Waals surface area contributed by atoms with Crippen molar-refractivity contribution < 1.29 is 9.16 Å². The summed E-state index contributed by atoms with van der Waals surface area (Å²) in [6.45, 7) is 18.5. The van der Waals surface area contributed by atoms with E-state index in [1.165, 1.54) is 0 Å². The average molecular weight is 259 g/mol. The number of ether oxygens (including phenoxy) is 1. The van der Waals surface area contributed by atoms with Crippen LogP contribution in [0.15, 0.2) is 0 Å². The fourth-order valence-electron chi connectivity index (χ4n) is 1.93. The van der Waals surface area contributed by atoms with Gasteiger partial charge < -0.3 is 9.16 Å². The van der Waals surface area contributed by atoms with E-state index in [4.69, 9.17) is 9.16 Å². The van der Waals surface area contributed by atoms with Crippen LogP contribution in [0.1, 0.15) is 20.8 Å². The van der Waals surface area contributed by atoms with Gasteiger partial charge in [0.15, 0.2) is 8.32 Å². The van der Waals surface area contributed by atoms with Gasteiger partial charge in [0.05, 0.1) is 19.3 Å². The molecule has 0 N–H and O–H groups in total. The van der Waals surface area contributed by atoms with E-state index in [9.17, 15) is 0 Å². The van der Waals surface area contributed by atoms with Gasteiger partial charge in [-0.1, -0.05) is 20.8 Å². The van der Waals surface area contributed by atoms with E-state index < -0.39 is 8.32 Å². The van der Waals surface area contributed by atoms with E-state index in [-0.39, 0.29) is 5.41 Å². The van der Waals surface area contributed by atoms with Crippen molar-refractivity contribution in [1.29, 1.82) is 0 Å². The monoisotopic (exact) mass is 259 g/mol. The number of nitrogens with zero attached hydrogens (tertiary/aromatic N) is 1. The molecule has 1 saturated heterocycles. The van der Waals surface area contributed by atoms with E-state index in [2.05, 4.69) is 45.3 Å². The zero-order valence-electron chi connectivity index (χ0n) is 12.4. The second-order valence-corrected chi connectivity index (χ2v) is 11.5. The molecule has 0 amide bonds. The molecular weight excluding hydrogens is 230 g/mol. The van der Waals surface area contributed by atoms with Crippen LogP contribution in [0.5, 0.6) is 0 Å². The molecule has 0 aromatic carbocycles. The molecular formula is C13H29NO2Si. The molecule has 0 radical (unpaired) electrons. The third kappa shape index (κ3) is 6.00. The molecule has 4 heteroatoms. The Labute approximate surface area is 108 Å². The van der Waals surface area contributed by atoms with Gasteiger partial charge in [-0.3, -0.25) is 4.90 Å². The lowest BCUT2D eigenvalue weighted by molar-refractivity contribution is -0.00716. The van der Waals surface area contributed by atoms with Crippen molar-refractivity contribution in [3.63, 3.8) is 0 Å². The molecule has 17 heavy (non-hydrogen) atoms. The highest BCUT2D eigenvalue weighted by Crippen LogP contribution is 2.26. The van der Waals surface area contributed by atoms with Crippen LogP contribution in [0, 0.1) is 5.41 Å². The van der Waals surface area contributed by atoms with Crippen molar-refractivity contribution in [2.45, 2.75) is 46.5 Å². The lowest BCUT2D eigenvalue weighted by Crippen LogP contribution is -2.49. The van der Waals surface area contributed by atoms with Crippen LogP contribution >= 0.6 is 0 Å². The summed E-state index contributed by atoms with van der Waals surface area (Å²) >= 11 is 0. The van der Waals surface area contributed by atoms with Crippen molar-refractivity contribution in [1.82, 2.24) is 4.90 Å². The molecule has 0 saturated carbocycles. The molecule has 3 nitrogen and oxygen atoms in total. The van der Waals surface area contributed by atoms with Gasteiger partial charge in [-0.2, -0.15) is 0 Å². The minimum atomic E-state index is -1.47. The highest BCUT2D eigenvalue weighted by Gasteiger charge is 2.32. The Hall–Kier alpha value is 0.0969. The topological polar surface area (TPSA) is 21.7 Å². The summed E-state index contributed by atoms with van der Waals surface area (Å²) in [5.74, 6) is 0. The first-order valence-electron chi connectivity index (χ1n) is 6.66. The van der Waals surface area contributed by atoms with Gasteiger partial charge in [0.25, 0.3) is 0 Å². The third-order valence-corrected chi connectivity index (χ3v) is 3.98. The Balaban J connectivity index is 2.57. The largest absolute Gasteiger partial charge is 0.413 e. The Morgan fingerprint density at radius 1 is 1.18 bits per heavy atom. The first-order valence-corrected chi connectivity index (χ1v) is 10.1. The summed E-state index contributed by atoms with van der Waals surface area (Å²) in [6.07, 6.45) is 0.326. The molecule has 1 aliphatic rings. The maximum atomic E-state index is 6.36. The van der Waals surface area contributed by atoms with Gasteiger partial charge in [-0.15, -0.1) is 0 Å². The van der Waals surface area contributed by atoms with Crippen molar-refractivity contribution in [3.8, 4) is 0 Å². The van der Waals surface area contributed by atoms with Crippen LogP contribution in [0.2, 0.25) is 19.6 Å². The number of hydrogen-bond acceptors (Lipinski definition) is 3. The fourth-order valence-corrected chi connectivity index (χ4v) is 3.21. The fraction of sp³-hybridized carbons (Fsp3) is 1.00. The average Bonchev–Trinajstić information content (AvgIpc) is 2.15. The molecule has 102 valence electrons. The Kier molecular flexibility index (Phi) is 5.19. The minimum absolute atomic E-state index is 0.207. The Bertz CT molecular complexity index is 227. The lowest BCUT2D eigenvalue weighted by Gasteiger charge is -2.40. The van der Waals surface area contributed by atoms with Gasteiger partial charge in [-0.05, 0) is 25.1 Å². The van der Waals surface area contributed by atoms with Gasteiger partial charge in [0.2, 0.25) is 0 Å². The highest BCUT2D eigenvalue weighted by atomic mass is 28.4. The van der Waals surface area contributed by atoms with E-state index in [1.807, 2.05) is 0 Å². The normalized spacial score (nSPS) is 21.5. The maximum absolute atomic E-state index is 6.36. The van der Waals surface area contributed by atoms with Crippen LogP contribution in [-0.2, 0) is 9.16 Å². The maximum Gasteiger partial charge on any atom is 0.184 e. The molecule has 0 bridgehead atoms. The predicted octanol–water partition coefficient (Wildman–Crippen LogP) is 2.58. The Morgan fingerprint density at radius 2 is 1.71 bits per heavy atom. The van der Waals surface area contributed by atoms with Gasteiger partial charge in [0, 0.05) is 19.6 Å². The molecule has 1 unspecified atom stereocenters. The molecule has 0 aromatic rings. The third-order valence-electron chi connectivity index (χ3n) is 2.99. The highest BCUT2D eigenvalue weighted by molar-refractivity contribution is 6.69. The van der Waals surface area contributed by atoms with E-state index in [0.29, 0.717) is 6.10 Å². The van der Waals surface area contributed by atoms with Crippen LogP contribution in [0.3, 0.4) is 0 Å². The second kappa shape index (κ2) is 5.82. The Morgan fingerprint density at radius 3 is 2.12 bits per heavy atom. The van der Waals surface area contributed by atoms with Gasteiger partial charge in [0.1, 0.15) is 0 Å². The molecule has 0 spiro atoms. The minimum Gasteiger partial charge on any atom is -0.413 e. The summed E-state index contributed by atoms with van der Waals surface area (Å²) in [4.78, 5) is 2.47. The molecule has 0 aliphatic carbocycles. The van der Waals surface area contributed by atoms with Crippen LogP contribution in [0.25, 0.3) is 0 Å². The molecule has 1 atom stereocenters. The van der Waals surface area contributed by atoms with Crippen molar-refractivity contribution in [3.05, 3.63) is 0 Å². The lowest BCUT2D eigenvalue weighted by atomic mass is 9.89. The van der Waals surface area contributed by atoms with E-state index in [0.717, 1.165) is 32.8 Å². The van der Waals surface area contributed by atoms with Crippen molar-refractivity contribution in [2.75, 3.05) is 32.8 Å². The predicted molar refractivity (Wildman–Crippen MR) is 74.9 cm³/mol. The van der Waals surface area contributed by atoms with E-state index in [1.54, 1.807) is 0 Å². The number of morpholine rings is 1. The first kappa shape index (κ1) is 15.2. The molecule has 1 heterocycles. The molecule has 0 aromatic heterocycles. The molecule has 1 rings (SSSR count). The van der Waals surface area contributed by atoms with Crippen molar-refractivity contribution in [2.24, 2.45) is 5.41 Å². The SMILES string of the molecule is CC(C)(C)C(CN1CCOCC1)O[Si](C)(C)C. The number of rotatable bonds is 4. The first-order chi connectivity index (χ1) is 7.68. The molecule has 1 aliphatic heterocycles. The second-order valence-electron chi connectivity index (χ2n) is 7.00. The zero-order chi connectivity index (χ0) is 13.1. The van der Waals surface area contributed by atoms with Crippen LogP contribution in [-0.4, -0.2) is 52.2 Å². The van der Waals surface area contributed by atoms with Crippen LogP contribution < -0.4 is 0 Å². The van der Waals surface area contributed by atoms with Gasteiger partial charge in [-0.25, -0.2) is 0 Å². The molecule has 1 fully saturated rings. The number of hydrogen-bond donors (Lipinski definition) is 0.